The number of carbonyl (C=O) groups is 2. The molecule has 0 bridgehead atoms. The Morgan fingerprint density at radius 2 is 2.21 bits per heavy atom. The lowest BCUT2D eigenvalue weighted by molar-refractivity contribution is -0.183. The number of hydrogen-bond donors (Lipinski definition) is 1. The zero-order valence-electron chi connectivity index (χ0n) is 16.6. The molecule has 0 radical (unpaired) electrons. The van der Waals surface area contributed by atoms with Gasteiger partial charge in [0.05, 0.1) is 18.6 Å². The van der Waals surface area contributed by atoms with Crippen molar-refractivity contribution in [2.24, 2.45) is 22.7 Å². The Bertz CT molecular complexity index is 796. The summed E-state index contributed by atoms with van der Waals surface area (Å²) in [5, 5.41) is 11.0. The summed E-state index contributed by atoms with van der Waals surface area (Å²) in [6.45, 7) is 5.89. The predicted molar refractivity (Wildman–Crippen MR) is 100 cm³/mol. The minimum atomic E-state index is -0.605. The Morgan fingerprint density at radius 3 is 2.89 bits per heavy atom. The molecule has 1 aliphatic heterocycles. The van der Waals surface area contributed by atoms with Gasteiger partial charge in [-0.25, -0.2) is 4.79 Å². The number of ether oxygens (including phenoxy) is 2. The van der Waals surface area contributed by atoms with Crippen molar-refractivity contribution in [2.75, 3.05) is 6.61 Å². The van der Waals surface area contributed by atoms with Crippen LogP contribution in [0.3, 0.4) is 0 Å². The van der Waals surface area contributed by atoms with Crippen molar-refractivity contribution >= 4 is 11.9 Å². The normalized spacial score (nSPS) is 39.6. The zero-order chi connectivity index (χ0) is 20.1. The topological polar surface area (TPSA) is 86.0 Å². The Balaban J connectivity index is 1.77. The highest BCUT2D eigenvalue weighted by Crippen LogP contribution is 2.64. The summed E-state index contributed by atoms with van der Waals surface area (Å²) >= 11 is 0. The van der Waals surface area contributed by atoms with Gasteiger partial charge in [0.15, 0.2) is 0 Å². The fourth-order valence-electron chi connectivity index (χ4n) is 6.01. The average Bonchev–Trinajstić information content (AvgIpc) is 3.26. The van der Waals surface area contributed by atoms with E-state index in [9.17, 15) is 14.7 Å². The molecule has 0 unspecified atom stereocenters. The molecular formula is C22H28O6. The van der Waals surface area contributed by atoms with Crippen LogP contribution in [0.25, 0.3) is 0 Å². The van der Waals surface area contributed by atoms with Crippen LogP contribution in [-0.2, 0) is 25.5 Å². The van der Waals surface area contributed by atoms with E-state index < -0.39 is 11.5 Å². The maximum absolute atomic E-state index is 12.4. The van der Waals surface area contributed by atoms with Gasteiger partial charge in [-0.15, -0.1) is 0 Å². The van der Waals surface area contributed by atoms with Crippen LogP contribution in [0.2, 0.25) is 0 Å². The third kappa shape index (κ3) is 2.81. The third-order valence-corrected chi connectivity index (χ3v) is 7.49. The maximum Gasteiger partial charge on any atom is 0.334 e. The molecule has 2 aliphatic carbocycles. The first-order valence-electron chi connectivity index (χ1n) is 10.0. The maximum atomic E-state index is 12.4. The van der Waals surface area contributed by atoms with E-state index in [1.165, 1.54) is 6.92 Å². The van der Waals surface area contributed by atoms with E-state index in [1.807, 2.05) is 12.1 Å². The Hall–Kier alpha value is -2.08. The van der Waals surface area contributed by atoms with E-state index in [2.05, 4.69) is 13.8 Å². The van der Waals surface area contributed by atoms with Gasteiger partial charge in [0, 0.05) is 30.3 Å². The van der Waals surface area contributed by atoms with Crippen LogP contribution in [0.15, 0.2) is 34.7 Å². The van der Waals surface area contributed by atoms with E-state index >= 15 is 0 Å². The van der Waals surface area contributed by atoms with Crippen molar-refractivity contribution in [2.45, 2.75) is 58.7 Å². The van der Waals surface area contributed by atoms with Crippen molar-refractivity contribution in [3.8, 4) is 0 Å². The molecule has 1 aromatic rings. The summed E-state index contributed by atoms with van der Waals surface area (Å²) < 4.78 is 16.4. The average molecular weight is 388 g/mol. The molecule has 1 saturated carbocycles. The van der Waals surface area contributed by atoms with Gasteiger partial charge in [-0.05, 0) is 42.2 Å². The fraction of sp³-hybridized carbons (Fsp3) is 0.636. The summed E-state index contributed by atoms with van der Waals surface area (Å²) in [5.74, 6) is -0.729. The molecule has 6 nitrogen and oxygen atoms in total. The van der Waals surface area contributed by atoms with Crippen molar-refractivity contribution < 1.29 is 28.6 Å². The molecule has 1 spiro atoms. The molecule has 4 rings (SSSR count). The van der Waals surface area contributed by atoms with Crippen molar-refractivity contribution in [3.05, 3.63) is 35.8 Å². The Morgan fingerprint density at radius 1 is 1.43 bits per heavy atom. The number of aliphatic hydroxyl groups is 1. The first-order chi connectivity index (χ1) is 13.3. The Kier molecular flexibility index (Phi) is 4.65. The molecule has 2 heterocycles. The number of rotatable bonds is 4. The second kappa shape index (κ2) is 6.76. The second-order valence-electron chi connectivity index (χ2n) is 8.91. The lowest BCUT2D eigenvalue weighted by atomic mass is 9.45. The van der Waals surface area contributed by atoms with Gasteiger partial charge in [0.25, 0.3) is 0 Å². The SMILES string of the molecule is CC(=O)O[C@@H]1CC=C2C(=O)OC[C@]23C[C@H](O)[C@H](C)[C@@](C)(CCc2ccoc2)[C@@H]13. The zero-order valence-corrected chi connectivity index (χ0v) is 16.6. The van der Waals surface area contributed by atoms with Crippen LogP contribution in [-0.4, -0.2) is 35.9 Å². The summed E-state index contributed by atoms with van der Waals surface area (Å²) in [6, 6.07) is 1.95. The fourth-order valence-corrected chi connectivity index (χ4v) is 6.01. The van der Waals surface area contributed by atoms with Crippen LogP contribution >= 0.6 is 0 Å². The van der Waals surface area contributed by atoms with Crippen molar-refractivity contribution in [3.63, 3.8) is 0 Å². The first kappa shape index (κ1) is 19.2. The molecule has 6 atom stereocenters. The van der Waals surface area contributed by atoms with Gasteiger partial charge in [-0.3, -0.25) is 4.79 Å². The van der Waals surface area contributed by atoms with Gasteiger partial charge in [0.1, 0.15) is 12.7 Å². The number of furan rings is 1. The van der Waals surface area contributed by atoms with Crippen molar-refractivity contribution in [1.29, 1.82) is 0 Å². The molecule has 0 amide bonds. The largest absolute Gasteiger partial charge is 0.472 e. The molecule has 28 heavy (non-hydrogen) atoms. The van der Waals surface area contributed by atoms with Gasteiger partial charge in [0.2, 0.25) is 0 Å². The lowest BCUT2D eigenvalue weighted by Gasteiger charge is -2.59. The number of esters is 2. The van der Waals surface area contributed by atoms with Crippen LogP contribution in [0.5, 0.6) is 0 Å². The highest BCUT2D eigenvalue weighted by atomic mass is 16.5. The van der Waals surface area contributed by atoms with E-state index in [0.717, 1.165) is 18.4 Å². The van der Waals surface area contributed by atoms with Crippen molar-refractivity contribution in [1.82, 2.24) is 0 Å². The summed E-state index contributed by atoms with van der Waals surface area (Å²) in [4.78, 5) is 24.3. The standard InChI is InChI=1S/C22H28O6/c1-13-17(24)10-22-12-27-20(25)16(22)4-5-18(28-14(2)23)19(22)21(13,3)8-6-15-7-9-26-11-15/h4,7,9,11,13,17-19,24H,5-6,8,10,12H2,1-3H3/t13-,17-,18+,19+,21+,22+/m0/s1. The van der Waals surface area contributed by atoms with E-state index in [1.54, 1.807) is 12.5 Å². The number of hydrogen-bond acceptors (Lipinski definition) is 6. The monoisotopic (exact) mass is 388 g/mol. The molecule has 1 N–H and O–H groups in total. The minimum absolute atomic E-state index is 0.0110. The third-order valence-electron chi connectivity index (χ3n) is 7.49. The van der Waals surface area contributed by atoms with E-state index in [4.69, 9.17) is 13.9 Å². The molecule has 152 valence electrons. The van der Waals surface area contributed by atoms with E-state index in [-0.39, 0.29) is 41.9 Å². The predicted octanol–water partition coefficient (Wildman–Crippen LogP) is 3.04. The number of carbonyl (C=O) groups excluding carboxylic acids is 2. The summed E-state index contributed by atoms with van der Waals surface area (Å²) in [5.41, 5.74) is 0.799. The second-order valence-corrected chi connectivity index (χ2v) is 8.91. The molecule has 0 aromatic carbocycles. The molecular weight excluding hydrogens is 360 g/mol. The van der Waals surface area contributed by atoms with Gasteiger partial charge < -0.3 is 19.0 Å². The van der Waals surface area contributed by atoms with Crippen LogP contribution in [0, 0.1) is 22.7 Å². The lowest BCUT2D eigenvalue weighted by Crippen LogP contribution is -2.61. The van der Waals surface area contributed by atoms with Gasteiger partial charge in [-0.1, -0.05) is 19.9 Å². The number of aryl methyl sites for hydroxylation is 1. The Labute approximate surface area is 164 Å². The minimum Gasteiger partial charge on any atom is -0.472 e. The van der Waals surface area contributed by atoms with Gasteiger partial charge in [-0.2, -0.15) is 0 Å². The van der Waals surface area contributed by atoms with Crippen LogP contribution < -0.4 is 0 Å². The van der Waals surface area contributed by atoms with E-state index in [0.29, 0.717) is 18.4 Å². The quantitative estimate of drug-likeness (QED) is 0.798. The number of aliphatic hydroxyl groups excluding tert-OH is 1. The molecule has 3 aliphatic rings. The van der Waals surface area contributed by atoms with Gasteiger partial charge >= 0.3 is 11.9 Å². The summed E-state index contributed by atoms with van der Waals surface area (Å²) in [6.07, 6.45) is 6.90. The van der Waals surface area contributed by atoms with Crippen LogP contribution in [0.4, 0.5) is 0 Å². The highest BCUT2D eigenvalue weighted by molar-refractivity contribution is 5.93. The molecule has 2 fully saturated rings. The highest BCUT2D eigenvalue weighted by Gasteiger charge is 2.66. The molecule has 1 saturated heterocycles. The molecule has 1 aromatic heterocycles. The first-order valence-corrected chi connectivity index (χ1v) is 10.0. The smallest absolute Gasteiger partial charge is 0.334 e. The van der Waals surface area contributed by atoms with Crippen LogP contribution in [0.1, 0.15) is 45.6 Å². The summed E-state index contributed by atoms with van der Waals surface area (Å²) in [7, 11) is 0. The number of cyclic esters (lactones) is 1. The molecule has 6 heteroatoms.